The van der Waals surface area contributed by atoms with Gasteiger partial charge >= 0.3 is 0 Å². The summed E-state index contributed by atoms with van der Waals surface area (Å²) in [6, 6.07) is 6.12. The Morgan fingerprint density at radius 1 is 1.47 bits per heavy atom. The van der Waals surface area contributed by atoms with Gasteiger partial charge in [0.25, 0.3) is 5.69 Å². The highest BCUT2D eigenvalue weighted by molar-refractivity contribution is 5.91. The molecule has 5 heteroatoms. The van der Waals surface area contributed by atoms with Crippen molar-refractivity contribution >= 4 is 17.7 Å². The van der Waals surface area contributed by atoms with Crippen molar-refractivity contribution in [3.63, 3.8) is 0 Å². The zero-order chi connectivity index (χ0) is 14.1. The average molecular weight is 260 g/mol. The van der Waals surface area contributed by atoms with Crippen LogP contribution in [0.3, 0.4) is 0 Å². The van der Waals surface area contributed by atoms with Crippen LogP contribution < -0.4 is 5.32 Å². The number of nitrogens with one attached hydrogen (secondary N) is 1. The molecule has 0 aliphatic heterocycles. The fraction of sp³-hybridized carbons (Fsp3) is 0.214. The van der Waals surface area contributed by atoms with Crippen molar-refractivity contribution in [2.24, 2.45) is 0 Å². The Morgan fingerprint density at radius 2 is 2.26 bits per heavy atom. The summed E-state index contributed by atoms with van der Waals surface area (Å²) >= 11 is 0. The third-order valence-corrected chi connectivity index (χ3v) is 2.35. The van der Waals surface area contributed by atoms with Crippen LogP contribution in [0.2, 0.25) is 0 Å². The summed E-state index contributed by atoms with van der Waals surface area (Å²) in [6.45, 7) is 2.49. The van der Waals surface area contributed by atoms with Gasteiger partial charge in [-0.2, -0.15) is 0 Å². The summed E-state index contributed by atoms with van der Waals surface area (Å²) in [5, 5.41) is 13.3. The van der Waals surface area contributed by atoms with Gasteiger partial charge in [-0.25, -0.2) is 0 Å². The zero-order valence-corrected chi connectivity index (χ0v) is 10.7. The number of non-ortho nitro benzene ring substituents is 1. The second-order valence-electron chi connectivity index (χ2n) is 3.83. The van der Waals surface area contributed by atoms with Crippen molar-refractivity contribution < 1.29 is 9.72 Å². The number of nitro groups is 1. The van der Waals surface area contributed by atoms with Gasteiger partial charge in [0.15, 0.2) is 0 Å². The minimum atomic E-state index is -0.464. The van der Waals surface area contributed by atoms with Crippen LogP contribution >= 0.6 is 0 Å². The maximum absolute atomic E-state index is 11.4. The number of hydrogen-bond donors (Lipinski definition) is 1. The van der Waals surface area contributed by atoms with Crippen molar-refractivity contribution in [3.05, 3.63) is 58.2 Å². The van der Waals surface area contributed by atoms with Crippen molar-refractivity contribution in [2.75, 3.05) is 6.54 Å². The summed E-state index contributed by atoms with van der Waals surface area (Å²) in [5.74, 6) is -0.212. The van der Waals surface area contributed by atoms with E-state index in [1.807, 2.05) is 19.1 Å². The van der Waals surface area contributed by atoms with Gasteiger partial charge < -0.3 is 5.32 Å². The summed E-state index contributed by atoms with van der Waals surface area (Å²) in [7, 11) is 0. The summed E-state index contributed by atoms with van der Waals surface area (Å²) in [4.78, 5) is 21.6. The van der Waals surface area contributed by atoms with Crippen LogP contribution in [0.1, 0.15) is 18.9 Å². The number of allylic oxidation sites excluding steroid dienone is 1. The van der Waals surface area contributed by atoms with E-state index in [1.54, 1.807) is 18.2 Å². The monoisotopic (exact) mass is 260 g/mol. The molecule has 1 rings (SSSR count). The van der Waals surface area contributed by atoms with Crippen molar-refractivity contribution in [1.82, 2.24) is 5.32 Å². The Balaban J connectivity index is 2.53. The van der Waals surface area contributed by atoms with E-state index in [0.717, 1.165) is 6.42 Å². The van der Waals surface area contributed by atoms with Crippen LogP contribution in [0.15, 0.2) is 42.5 Å². The maximum atomic E-state index is 11.4. The molecular weight excluding hydrogens is 244 g/mol. The number of nitrogens with zero attached hydrogens (tertiary/aromatic N) is 1. The van der Waals surface area contributed by atoms with E-state index < -0.39 is 4.92 Å². The second kappa shape index (κ2) is 7.81. The molecule has 0 aliphatic rings. The van der Waals surface area contributed by atoms with E-state index in [2.05, 4.69) is 5.32 Å². The molecule has 0 heterocycles. The van der Waals surface area contributed by atoms with E-state index in [9.17, 15) is 14.9 Å². The lowest BCUT2D eigenvalue weighted by atomic mass is 10.2. The Morgan fingerprint density at radius 3 is 2.95 bits per heavy atom. The topological polar surface area (TPSA) is 72.2 Å². The first kappa shape index (κ1) is 14.6. The van der Waals surface area contributed by atoms with Gasteiger partial charge in [0, 0.05) is 24.8 Å². The number of nitro benzene ring substituents is 1. The van der Waals surface area contributed by atoms with Crippen molar-refractivity contribution in [1.29, 1.82) is 0 Å². The van der Waals surface area contributed by atoms with E-state index in [1.165, 1.54) is 18.2 Å². The quantitative estimate of drug-likeness (QED) is 0.281. The third-order valence-electron chi connectivity index (χ3n) is 2.35. The predicted octanol–water partition coefficient (Wildman–Crippen LogP) is 2.69. The third kappa shape index (κ3) is 5.63. The van der Waals surface area contributed by atoms with Gasteiger partial charge in [-0.15, -0.1) is 0 Å². The number of benzene rings is 1. The molecule has 0 fully saturated rings. The predicted molar refractivity (Wildman–Crippen MR) is 74.6 cm³/mol. The number of carbonyl (C=O) groups excluding carboxylic acids is 1. The molecule has 0 aromatic heterocycles. The minimum Gasteiger partial charge on any atom is -0.352 e. The molecular formula is C14H16N2O3. The lowest BCUT2D eigenvalue weighted by Crippen LogP contribution is -2.21. The average Bonchev–Trinajstić information content (AvgIpc) is 2.41. The van der Waals surface area contributed by atoms with Crippen molar-refractivity contribution in [3.8, 4) is 0 Å². The molecule has 0 atom stereocenters. The minimum absolute atomic E-state index is 0.00985. The van der Waals surface area contributed by atoms with Gasteiger partial charge in [-0.1, -0.05) is 24.3 Å². The highest BCUT2D eigenvalue weighted by Gasteiger charge is 2.03. The van der Waals surface area contributed by atoms with Crippen LogP contribution in [0, 0.1) is 10.1 Å². The molecule has 5 nitrogen and oxygen atoms in total. The largest absolute Gasteiger partial charge is 0.352 e. The summed E-state index contributed by atoms with van der Waals surface area (Å²) in [6.07, 6.45) is 7.59. The van der Waals surface area contributed by atoms with E-state index >= 15 is 0 Å². The second-order valence-corrected chi connectivity index (χ2v) is 3.83. The number of amides is 1. The first-order valence-corrected chi connectivity index (χ1v) is 5.95. The first-order valence-electron chi connectivity index (χ1n) is 5.95. The standard InChI is InChI=1S/C14H16N2O3/c1-2-3-4-10-15-14(17)9-8-12-6-5-7-13(11-12)16(18)19/h2-3,5-9,11H,4,10H2,1H3,(H,15,17)/b3-2+,9-8+. The zero-order valence-electron chi connectivity index (χ0n) is 10.7. The van der Waals surface area contributed by atoms with Crippen LogP contribution in [-0.4, -0.2) is 17.4 Å². The first-order chi connectivity index (χ1) is 9.13. The SMILES string of the molecule is C/C=C/CCNC(=O)/C=C/c1cccc([N+](=O)[O-])c1. The van der Waals surface area contributed by atoms with E-state index in [-0.39, 0.29) is 11.6 Å². The number of carbonyl (C=O) groups is 1. The Kier molecular flexibility index (Phi) is 6.02. The van der Waals surface area contributed by atoms with Crippen LogP contribution in [0.4, 0.5) is 5.69 Å². The fourth-order valence-corrected chi connectivity index (χ4v) is 1.42. The molecule has 0 radical (unpaired) electrons. The van der Waals surface area contributed by atoms with Crippen LogP contribution in [-0.2, 0) is 4.79 Å². The molecule has 0 spiro atoms. The fourth-order valence-electron chi connectivity index (χ4n) is 1.42. The van der Waals surface area contributed by atoms with Gasteiger partial charge in [-0.3, -0.25) is 14.9 Å². The smallest absolute Gasteiger partial charge is 0.270 e. The Bertz CT molecular complexity index is 507. The lowest BCUT2D eigenvalue weighted by molar-refractivity contribution is -0.384. The highest BCUT2D eigenvalue weighted by Crippen LogP contribution is 2.13. The molecule has 0 bridgehead atoms. The molecule has 0 saturated carbocycles. The molecule has 1 N–H and O–H groups in total. The molecule has 1 aromatic rings. The van der Waals surface area contributed by atoms with Crippen LogP contribution in [0.25, 0.3) is 6.08 Å². The van der Waals surface area contributed by atoms with Gasteiger partial charge in [0.1, 0.15) is 0 Å². The lowest BCUT2D eigenvalue weighted by Gasteiger charge is -1.98. The molecule has 1 aromatic carbocycles. The van der Waals surface area contributed by atoms with Gasteiger partial charge in [-0.05, 0) is 25.0 Å². The van der Waals surface area contributed by atoms with Gasteiger partial charge in [0.2, 0.25) is 5.91 Å². The normalized spacial score (nSPS) is 11.0. The molecule has 1 amide bonds. The molecule has 0 aliphatic carbocycles. The highest BCUT2D eigenvalue weighted by atomic mass is 16.6. The van der Waals surface area contributed by atoms with Crippen molar-refractivity contribution in [2.45, 2.75) is 13.3 Å². The maximum Gasteiger partial charge on any atom is 0.270 e. The summed E-state index contributed by atoms with van der Waals surface area (Å²) in [5.41, 5.74) is 0.633. The molecule has 0 saturated heterocycles. The van der Waals surface area contributed by atoms with E-state index in [4.69, 9.17) is 0 Å². The van der Waals surface area contributed by atoms with Gasteiger partial charge in [0.05, 0.1) is 4.92 Å². The molecule has 19 heavy (non-hydrogen) atoms. The Labute approximate surface area is 111 Å². The summed E-state index contributed by atoms with van der Waals surface area (Å²) < 4.78 is 0. The Hall–Kier alpha value is -2.43. The molecule has 0 unspecified atom stereocenters. The van der Waals surface area contributed by atoms with E-state index in [0.29, 0.717) is 12.1 Å². The van der Waals surface area contributed by atoms with Crippen LogP contribution in [0.5, 0.6) is 0 Å². The molecule has 100 valence electrons. The number of rotatable bonds is 6. The number of hydrogen-bond acceptors (Lipinski definition) is 3.